The molecule has 1 rings (SSSR count). The summed E-state index contributed by atoms with van der Waals surface area (Å²) in [6.45, 7) is 4.41. The van der Waals surface area contributed by atoms with Crippen LogP contribution in [0.15, 0.2) is 0 Å². The van der Waals surface area contributed by atoms with Gasteiger partial charge in [0.15, 0.2) is 0 Å². The van der Waals surface area contributed by atoms with Gasteiger partial charge < -0.3 is 10.4 Å². The Hall–Kier alpha value is -0.570. The van der Waals surface area contributed by atoms with Crippen molar-refractivity contribution in [3.63, 3.8) is 0 Å². The Morgan fingerprint density at radius 1 is 1.78 bits per heavy atom. The first-order valence-corrected chi connectivity index (χ1v) is 3.02. The van der Waals surface area contributed by atoms with E-state index in [4.69, 9.17) is 5.11 Å². The highest BCUT2D eigenvalue weighted by Gasteiger charge is 2.42. The molecule has 0 spiro atoms. The molecule has 1 aliphatic rings. The van der Waals surface area contributed by atoms with Crippen LogP contribution in [-0.4, -0.2) is 23.2 Å². The summed E-state index contributed by atoms with van der Waals surface area (Å²) in [6.07, 6.45) is 0. The highest BCUT2D eigenvalue weighted by atomic mass is 16.4. The van der Waals surface area contributed by atoms with Gasteiger partial charge in [-0.3, -0.25) is 4.79 Å². The van der Waals surface area contributed by atoms with Gasteiger partial charge >= 0.3 is 5.97 Å². The van der Waals surface area contributed by atoms with Crippen LogP contribution >= 0.6 is 0 Å². The Morgan fingerprint density at radius 3 is 2.33 bits per heavy atom. The summed E-state index contributed by atoms with van der Waals surface area (Å²) >= 11 is 0. The molecule has 1 fully saturated rings. The molecule has 1 saturated heterocycles. The molecule has 0 bridgehead atoms. The van der Waals surface area contributed by atoms with E-state index in [-0.39, 0.29) is 11.5 Å². The quantitative estimate of drug-likeness (QED) is 0.526. The minimum absolute atomic E-state index is 0.189. The van der Waals surface area contributed by atoms with Crippen LogP contribution in [0.25, 0.3) is 0 Å². The Bertz CT molecular complexity index is 142. The molecule has 0 aliphatic carbocycles. The van der Waals surface area contributed by atoms with Crippen LogP contribution in [0, 0.1) is 5.92 Å². The molecule has 2 N–H and O–H groups in total. The maximum absolute atomic E-state index is 10.4. The third-order valence-corrected chi connectivity index (χ3v) is 1.93. The number of hydrogen-bond donors (Lipinski definition) is 2. The maximum atomic E-state index is 10.4. The lowest BCUT2D eigenvalue weighted by Crippen LogP contribution is -2.63. The number of carboxylic acids is 1. The van der Waals surface area contributed by atoms with Gasteiger partial charge in [-0.2, -0.15) is 0 Å². The fraction of sp³-hybridized carbons (Fsp3) is 0.833. The van der Waals surface area contributed by atoms with Crippen LogP contribution in [0.5, 0.6) is 0 Å². The average Bonchev–Trinajstić information content (AvgIpc) is 1.62. The second-order valence-electron chi connectivity index (χ2n) is 2.99. The van der Waals surface area contributed by atoms with E-state index in [0.29, 0.717) is 6.54 Å². The molecule has 0 radical (unpaired) electrons. The first-order valence-electron chi connectivity index (χ1n) is 3.02. The number of carboxylic acid groups (broad SMARTS) is 1. The first kappa shape index (κ1) is 6.55. The predicted octanol–water partition coefficient (Wildman–Crippen LogP) is 0.0690. The van der Waals surface area contributed by atoms with Gasteiger partial charge in [0.05, 0.1) is 5.92 Å². The van der Waals surface area contributed by atoms with Crippen molar-refractivity contribution in [2.24, 2.45) is 5.92 Å². The zero-order valence-electron chi connectivity index (χ0n) is 5.64. The number of hydrogen-bond acceptors (Lipinski definition) is 2. The predicted molar refractivity (Wildman–Crippen MR) is 33.2 cm³/mol. The number of carbonyl (C=O) groups is 1. The number of aliphatic carboxylic acids is 1. The van der Waals surface area contributed by atoms with E-state index in [0.717, 1.165) is 0 Å². The molecule has 1 atom stereocenters. The van der Waals surface area contributed by atoms with Gasteiger partial charge in [-0.25, -0.2) is 0 Å². The van der Waals surface area contributed by atoms with Crippen LogP contribution in [0.3, 0.4) is 0 Å². The van der Waals surface area contributed by atoms with Gasteiger partial charge in [0.1, 0.15) is 0 Å². The molecule has 9 heavy (non-hydrogen) atoms. The molecule has 0 aromatic rings. The summed E-state index contributed by atoms with van der Waals surface area (Å²) < 4.78 is 0. The van der Waals surface area contributed by atoms with Crippen LogP contribution in [-0.2, 0) is 4.79 Å². The lowest BCUT2D eigenvalue weighted by Gasteiger charge is -2.42. The molecular weight excluding hydrogens is 118 g/mol. The van der Waals surface area contributed by atoms with E-state index in [1.165, 1.54) is 0 Å². The largest absolute Gasteiger partial charge is 0.481 e. The summed E-state index contributed by atoms with van der Waals surface area (Å²) in [5.41, 5.74) is -0.189. The van der Waals surface area contributed by atoms with Crippen LogP contribution in [0.1, 0.15) is 13.8 Å². The minimum Gasteiger partial charge on any atom is -0.481 e. The average molecular weight is 129 g/mol. The van der Waals surface area contributed by atoms with E-state index >= 15 is 0 Å². The van der Waals surface area contributed by atoms with Crippen LogP contribution in [0.4, 0.5) is 0 Å². The molecule has 0 saturated carbocycles. The molecule has 1 aliphatic heterocycles. The summed E-state index contributed by atoms with van der Waals surface area (Å²) in [5.74, 6) is -0.892. The van der Waals surface area contributed by atoms with Crippen molar-refractivity contribution in [3.8, 4) is 0 Å². The fourth-order valence-corrected chi connectivity index (χ4v) is 1.01. The highest BCUT2D eigenvalue weighted by molar-refractivity contribution is 5.73. The molecule has 52 valence electrons. The topological polar surface area (TPSA) is 49.3 Å². The molecule has 0 unspecified atom stereocenters. The molecular formula is C6H11NO2. The Morgan fingerprint density at radius 2 is 2.33 bits per heavy atom. The smallest absolute Gasteiger partial charge is 0.309 e. The normalized spacial score (nSPS) is 31.1. The first-order chi connectivity index (χ1) is 4.04. The lowest BCUT2D eigenvalue weighted by atomic mass is 9.80. The fourth-order valence-electron chi connectivity index (χ4n) is 1.01. The van der Waals surface area contributed by atoms with Gasteiger partial charge in [0.2, 0.25) is 0 Å². The number of nitrogens with one attached hydrogen (secondary N) is 1. The Balaban J connectivity index is 2.55. The van der Waals surface area contributed by atoms with E-state index in [9.17, 15) is 4.79 Å². The Kier molecular flexibility index (Phi) is 1.24. The van der Waals surface area contributed by atoms with Gasteiger partial charge in [-0.05, 0) is 13.8 Å². The van der Waals surface area contributed by atoms with E-state index in [2.05, 4.69) is 5.32 Å². The van der Waals surface area contributed by atoms with E-state index in [1.54, 1.807) is 0 Å². The standard InChI is InChI=1S/C6H11NO2/c1-6(2)4(3-7-6)5(8)9/h4,7H,3H2,1-2H3,(H,8,9)/t4-/m0/s1. The van der Waals surface area contributed by atoms with Crippen molar-refractivity contribution in [2.75, 3.05) is 6.54 Å². The van der Waals surface area contributed by atoms with Crippen molar-refractivity contribution in [2.45, 2.75) is 19.4 Å². The van der Waals surface area contributed by atoms with Crippen LogP contribution in [0.2, 0.25) is 0 Å². The number of rotatable bonds is 1. The third kappa shape index (κ3) is 0.920. The van der Waals surface area contributed by atoms with Crippen molar-refractivity contribution in [1.82, 2.24) is 5.32 Å². The van der Waals surface area contributed by atoms with Gasteiger partial charge in [0, 0.05) is 12.1 Å². The van der Waals surface area contributed by atoms with Gasteiger partial charge in [-0.1, -0.05) is 0 Å². The molecule has 1 heterocycles. The van der Waals surface area contributed by atoms with Gasteiger partial charge in [0.25, 0.3) is 0 Å². The zero-order chi connectivity index (χ0) is 7.07. The molecule has 3 nitrogen and oxygen atoms in total. The SMILES string of the molecule is CC1(C)NC[C@H]1C(=O)O. The van der Waals surface area contributed by atoms with Crippen molar-refractivity contribution < 1.29 is 9.90 Å². The third-order valence-electron chi connectivity index (χ3n) is 1.93. The molecule has 0 aromatic carbocycles. The summed E-state index contributed by atoms with van der Waals surface area (Å²) in [4.78, 5) is 10.4. The van der Waals surface area contributed by atoms with Gasteiger partial charge in [-0.15, -0.1) is 0 Å². The molecule has 0 aromatic heterocycles. The molecule has 3 heteroatoms. The van der Waals surface area contributed by atoms with Crippen molar-refractivity contribution in [1.29, 1.82) is 0 Å². The van der Waals surface area contributed by atoms with Crippen LogP contribution < -0.4 is 5.32 Å². The summed E-state index contributed by atoms with van der Waals surface area (Å²) in [7, 11) is 0. The zero-order valence-corrected chi connectivity index (χ0v) is 5.64. The summed E-state index contributed by atoms with van der Waals surface area (Å²) in [5, 5.41) is 11.6. The second-order valence-corrected chi connectivity index (χ2v) is 2.99. The second kappa shape index (κ2) is 1.70. The summed E-state index contributed by atoms with van der Waals surface area (Å²) in [6, 6.07) is 0. The lowest BCUT2D eigenvalue weighted by molar-refractivity contribution is -0.148. The van der Waals surface area contributed by atoms with E-state index < -0.39 is 5.97 Å². The molecule has 0 amide bonds. The van der Waals surface area contributed by atoms with E-state index in [1.807, 2.05) is 13.8 Å². The monoisotopic (exact) mass is 129 g/mol. The van der Waals surface area contributed by atoms with Crippen molar-refractivity contribution in [3.05, 3.63) is 0 Å². The maximum Gasteiger partial charge on any atom is 0.309 e. The van der Waals surface area contributed by atoms with Crippen molar-refractivity contribution >= 4 is 5.97 Å². The minimum atomic E-state index is -0.696. The Labute approximate surface area is 54.1 Å². The highest BCUT2D eigenvalue weighted by Crippen LogP contribution is 2.24.